The van der Waals surface area contributed by atoms with Crippen molar-refractivity contribution in [2.24, 2.45) is 23.7 Å². The summed E-state index contributed by atoms with van der Waals surface area (Å²) >= 11 is 0. The Labute approximate surface area is 140 Å². The molecule has 1 heterocycles. The summed E-state index contributed by atoms with van der Waals surface area (Å²) in [4.78, 5) is 38.7. The molecule has 4 unspecified atom stereocenters. The number of allylic oxidation sites excluding steroid dienone is 2. The molecule has 1 saturated carbocycles. The van der Waals surface area contributed by atoms with Gasteiger partial charge in [0.25, 0.3) is 0 Å². The molecular weight excluding hydrogens is 304 g/mol. The standard InChI is InChI=1S/C19H20N2O3/c22-15(20-14-4-2-1-3-5-14)10-11-21-18(23)16-12-6-7-13(9-8-12)17(16)19(21)24/h1-7,12-13,16-17H,8-11H2,(H,20,22). The van der Waals surface area contributed by atoms with E-state index in [-0.39, 0.29) is 54.4 Å². The molecule has 2 bridgehead atoms. The van der Waals surface area contributed by atoms with Crippen molar-refractivity contribution in [1.29, 1.82) is 0 Å². The van der Waals surface area contributed by atoms with Crippen LogP contribution in [0.25, 0.3) is 0 Å². The predicted octanol–water partition coefficient (Wildman–Crippen LogP) is 2.21. The van der Waals surface area contributed by atoms with Gasteiger partial charge >= 0.3 is 0 Å². The van der Waals surface area contributed by atoms with E-state index < -0.39 is 0 Å². The van der Waals surface area contributed by atoms with Crippen LogP contribution in [0.1, 0.15) is 19.3 Å². The van der Waals surface area contributed by atoms with Gasteiger partial charge < -0.3 is 5.32 Å². The monoisotopic (exact) mass is 324 g/mol. The number of amides is 3. The second-order valence-electron chi connectivity index (χ2n) is 6.83. The number of fused-ring (bicyclic) bond motifs is 1. The number of likely N-dealkylation sites (tertiary alicyclic amines) is 1. The fraction of sp³-hybridized carbons (Fsp3) is 0.421. The maximum atomic E-state index is 12.7. The summed E-state index contributed by atoms with van der Waals surface area (Å²) in [7, 11) is 0. The number of para-hydroxylation sites is 1. The smallest absolute Gasteiger partial charge is 0.233 e. The van der Waals surface area contributed by atoms with Crippen LogP contribution in [0.15, 0.2) is 42.5 Å². The van der Waals surface area contributed by atoms with Crippen molar-refractivity contribution in [2.45, 2.75) is 19.3 Å². The third kappa shape index (κ3) is 2.44. The van der Waals surface area contributed by atoms with Crippen molar-refractivity contribution < 1.29 is 14.4 Å². The molecule has 5 rings (SSSR count). The molecule has 5 heteroatoms. The molecule has 4 atom stereocenters. The molecule has 0 aromatic heterocycles. The average molecular weight is 324 g/mol. The van der Waals surface area contributed by atoms with Gasteiger partial charge in [-0.1, -0.05) is 30.4 Å². The number of hydrogen-bond donors (Lipinski definition) is 1. The van der Waals surface area contributed by atoms with Gasteiger partial charge in [0.05, 0.1) is 11.8 Å². The lowest BCUT2D eigenvalue weighted by Crippen LogP contribution is -2.38. The first-order valence-corrected chi connectivity index (χ1v) is 8.53. The van der Waals surface area contributed by atoms with E-state index in [0.29, 0.717) is 0 Å². The van der Waals surface area contributed by atoms with E-state index in [1.807, 2.05) is 30.3 Å². The number of anilines is 1. The van der Waals surface area contributed by atoms with Crippen LogP contribution in [0.4, 0.5) is 5.69 Å². The Balaban J connectivity index is 1.40. The van der Waals surface area contributed by atoms with Gasteiger partial charge in [0.1, 0.15) is 0 Å². The molecule has 4 aliphatic rings. The normalized spacial score (nSPS) is 30.6. The Hall–Kier alpha value is -2.43. The van der Waals surface area contributed by atoms with E-state index in [4.69, 9.17) is 0 Å². The zero-order valence-electron chi connectivity index (χ0n) is 13.4. The van der Waals surface area contributed by atoms with E-state index >= 15 is 0 Å². The van der Waals surface area contributed by atoms with Crippen LogP contribution in [-0.2, 0) is 14.4 Å². The van der Waals surface area contributed by atoms with Crippen LogP contribution in [0.3, 0.4) is 0 Å². The summed E-state index contributed by atoms with van der Waals surface area (Å²) in [6.45, 7) is 0.169. The highest BCUT2D eigenvalue weighted by molar-refractivity contribution is 6.06. The highest BCUT2D eigenvalue weighted by Crippen LogP contribution is 2.49. The zero-order valence-corrected chi connectivity index (χ0v) is 13.4. The van der Waals surface area contributed by atoms with Crippen molar-refractivity contribution >= 4 is 23.4 Å². The van der Waals surface area contributed by atoms with Gasteiger partial charge in [-0.05, 0) is 36.8 Å². The van der Waals surface area contributed by atoms with Crippen molar-refractivity contribution in [1.82, 2.24) is 4.90 Å². The summed E-state index contributed by atoms with van der Waals surface area (Å²) in [6.07, 6.45) is 6.32. The number of carbonyl (C=O) groups excluding carboxylic acids is 3. The van der Waals surface area contributed by atoms with Gasteiger partial charge in [0.15, 0.2) is 0 Å². The van der Waals surface area contributed by atoms with Gasteiger partial charge in [-0.3, -0.25) is 19.3 Å². The van der Waals surface area contributed by atoms with E-state index in [9.17, 15) is 14.4 Å². The molecule has 0 spiro atoms. The molecule has 3 amide bonds. The van der Waals surface area contributed by atoms with Crippen molar-refractivity contribution in [3.8, 4) is 0 Å². The van der Waals surface area contributed by atoms with Gasteiger partial charge in [0, 0.05) is 18.7 Å². The summed E-state index contributed by atoms with van der Waals surface area (Å²) in [6, 6.07) is 9.18. The molecule has 24 heavy (non-hydrogen) atoms. The van der Waals surface area contributed by atoms with Gasteiger partial charge in [-0.25, -0.2) is 0 Å². The molecule has 1 saturated heterocycles. The number of benzene rings is 1. The fourth-order valence-electron chi connectivity index (χ4n) is 4.31. The minimum atomic E-state index is -0.196. The number of nitrogens with one attached hydrogen (secondary N) is 1. The second kappa shape index (κ2) is 5.89. The Morgan fingerprint density at radius 3 is 2.12 bits per heavy atom. The number of hydrogen-bond acceptors (Lipinski definition) is 3. The van der Waals surface area contributed by atoms with Gasteiger partial charge in [-0.15, -0.1) is 0 Å². The molecule has 1 aromatic carbocycles. The summed E-state index contributed by atoms with van der Waals surface area (Å²) in [5, 5.41) is 2.79. The average Bonchev–Trinajstić information content (AvgIpc) is 2.88. The van der Waals surface area contributed by atoms with Crippen molar-refractivity contribution in [2.75, 3.05) is 11.9 Å². The minimum Gasteiger partial charge on any atom is -0.326 e. The Bertz CT molecular complexity index is 681. The van der Waals surface area contributed by atoms with Crippen LogP contribution < -0.4 is 5.32 Å². The first-order valence-electron chi connectivity index (χ1n) is 8.53. The minimum absolute atomic E-state index is 0.0865. The third-order valence-corrected chi connectivity index (χ3v) is 5.47. The van der Waals surface area contributed by atoms with Crippen molar-refractivity contribution in [3.05, 3.63) is 42.5 Å². The summed E-state index contributed by atoms with van der Waals surface area (Å²) in [5.41, 5.74) is 0.720. The quantitative estimate of drug-likeness (QED) is 0.682. The van der Waals surface area contributed by atoms with E-state index in [1.165, 1.54) is 4.90 Å². The number of imide groups is 1. The molecular formula is C19H20N2O3. The molecule has 5 nitrogen and oxygen atoms in total. The third-order valence-electron chi connectivity index (χ3n) is 5.47. The molecule has 1 aromatic rings. The Kier molecular flexibility index (Phi) is 3.71. The maximum Gasteiger partial charge on any atom is 0.233 e. The SMILES string of the molecule is O=C(CCN1C(=O)C2C3C=CC(CC3)C2C1=O)Nc1ccccc1. The van der Waals surface area contributed by atoms with Crippen LogP contribution >= 0.6 is 0 Å². The first-order chi connectivity index (χ1) is 11.6. The lowest BCUT2D eigenvalue weighted by atomic mass is 9.63. The van der Waals surface area contributed by atoms with Crippen LogP contribution in [0.5, 0.6) is 0 Å². The van der Waals surface area contributed by atoms with Gasteiger partial charge in [-0.2, -0.15) is 0 Å². The van der Waals surface area contributed by atoms with Crippen LogP contribution in [-0.4, -0.2) is 29.2 Å². The molecule has 0 radical (unpaired) electrons. The largest absolute Gasteiger partial charge is 0.326 e. The lowest BCUT2D eigenvalue weighted by Gasteiger charge is -2.38. The fourth-order valence-corrected chi connectivity index (χ4v) is 4.31. The predicted molar refractivity (Wildman–Crippen MR) is 88.7 cm³/mol. The van der Waals surface area contributed by atoms with E-state index in [0.717, 1.165) is 18.5 Å². The highest BCUT2D eigenvalue weighted by Gasteiger charge is 2.56. The number of nitrogens with zero attached hydrogens (tertiary/aromatic N) is 1. The molecule has 124 valence electrons. The summed E-state index contributed by atoms with van der Waals surface area (Å²) in [5.74, 6) is -0.359. The number of carbonyl (C=O) groups is 3. The molecule has 3 aliphatic carbocycles. The Morgan fingerprint density at radius 2 is 1.58 bits per heavy atom. The van der Waals surface area contributed by atoms with Crippen LogP contribution in [0.2, 0.25) is 0 Å². The highest BCUT2D eigenvalue weighted by atomic mass is 16.2. The maximum absolute atomic E-state index is 12.7. The molecule has 1 aliphatic heterocycles. The summed E-state index contributed by atoms with van der Waals surface area (Å²) < 4.78 is 0. The van der Waals surface area contributed by atoms with E-state index in [2.05, 4.69) is 17.5 Å². The molecule has 2 fully saturated rings. The lowest BCUT2D eigenvalue weighted by molar-refractivity contribution is -0.140. The molecule has 1 N–H and O–H groups in total. The second-order valence-corrected chi connectivity index (χ2v) is 6.83. The van der Waals surface area contributed by atoms with Crippen molar-refractivity contribution in [3.63, 3.8) is 0 Å². The first kappa shape index (κ1) is 15.1. The van der Waals surface area contributed by atoms with Crippen LogP contribution in [0, 0.1) is 23.7 Å². The number of rotatable bonds is 4. The topological polar surface area (TPSA) is 66.5 Å². The zero-order chi connectivity index (χ0) is 16.7. The Morgan fingerprint density at radius 1 is 1.00 bits per heavy atom. The van der Waals surface area contributed by atoms with E-state index in [1.54, 1.807) is 0 Å². The van der Waals surface area contributed by atoms with Gasteiger partial charge in [0.2, 0.25) is 17.7 Å².